The molecule has 2 aromatic rings. The van der Waals surface area contributed by atoms with Gasteiger partial charge in [-0.1, -0.05) is 36.4 Å². The molecule has 0 spiro atoms. The summed E-state index contributed by atoms with van der Waals surface area (Å²) in [6, 6.07) is 15.4. The third kappa shape index (κ3) is 4.62. The highest BCUT2D eigenvalue weighted by molar-refractivity contribution is 5.83. The van der Waals surface area contributed by atoms with Crippen molar-refractivity contribution in [2.45, 2.75) is 51.9 Å². The second kappa shape index (κ2) is 8.53. The van der Waals surface area contributed by atoms with Gasteiger partial charge < -0.3 is 4.74 Å². The standard InChI is InChI=1S/C27H30N2O3/c1-18(30)32-25-8-6-24(7-9-25)23-4-2-19(3-5-23)17-28-29-26(31)16-27-13-20-10-21(14-27)12-22(11-20)15-27/h2-9,17,20-22H,10-16H2,1H3,(H,29,31). The fraction of sp³-hybridized carbons (Fsp3) is 0.444. The Morgan fingerprint density at radius 3 is 2.00 bits per heavy atom. The maximum absolute atomic E-state index is 12.6. The molecule has 4 bridgehead atoms. The quantitative estimate of drug-likeness (QED) is 0.291. The number of nitrogens with zero attached hydrogens (tertiary/aromatic N) is 1. The third-order valence-electron chi connectivity index (χ3n) is 7.46. The van der Waals surface area contributed by atoms with Crippen LogP contribution in [0.4, 0.5) is 0 Å². The van der Waals surface area contributed by atoms with Gasteiger partial charge in [0.15, 0.2) is 0 Å². The third-order valence-corrected chi connectivity index (χ3v) is 7.46. The van der Waals surface area contributed by atoms with Crippen molar-refractivity contribution in [1.29, 1.82) is 0 Å². The summed E-state index contributed by atoms with van der Waals surface area (Å²) < 4.78 is 5.07. The number of rotatable bonds is 6. The smallest absolute Gasteiger partial charge is 0.308 e. The predicted octanol–water partition coefficient (Wildman–Crippen LogP) is 5.34. The summed E-state index contributed by atoms with van der Waals surface area (Å²) in [6.07, 6.45) is 10.2. The van der Waals surface area contributed by atoms with Crippen LogP contribution in [-0.2, 0) is 9.59 Å². The van der Waals surface area contributed by atoms with Crippen molar-refractivity contribution < 1.29 is 14.3 Å². The molecule has 0 aliphatic heterocycles. The van der Waals surface area contributed by atoms with E-state index in [-0.39, 0.29) is 17.3 Å². The van der Waals surface area contributed by atoms with Crippen LogP contribution in [0, 0.1) is 23.2 Å². The molecule has 1 amide bonds. The van der Waals surface area contributed by atoms with Crippen LogP contribution < -0.4 is 10.2 Å². The van der Waals surface area contributed by atoms with Gasteiger partial charge in [-0.25, -0.2) is 5.43 Å². The molecule has 166 valence electrons. The van der Waals surface area contributed by atoms with Crippen molar-refractivity contribution in [2.75, 3.05) is 0 Å². The number of amides is 1. The Morgan fingerprint density at radius 1 is 0.938 bits per heavy atom. The number of hydrazone groups is 1. The Hall–Kier alpha value is -2.95. The molecule has 0 radical (unpaired) electrons. The lowest BCUT2D eigenvalue weighted by atomic mass is 9.49. The van der Waals surface area contributed by atoms with E-state index >= 15 is 0 Å². The van der Waals surface area contributed by atoms with Crippen molar-refractivity contribution in [3.8, 4) is 16.9 Å². The SMILES string of the molecule is CC(=O)Oc1ccc(-c2ccc(C=NNC(=O)CC34CC5CC(CC(C5)C3)C4)cc2)cc1. The molecule has 0 atom stereocenters. The van der Waals surface area contributed by atoms with Gasteiger partial charge in [-0.05, 0) is 90.5 Å². The Morgan fingerprint density at radius 2 is 1.47 bits per heavy atom. The van der Waals surface area contributed by atoms with Crippen molar-refractivity contribution in [2.24, 2.45) is 28.3 Å². The molecule has 0 heterocycles. The fourth-order valence-electron chi connectivity index (χ4n) is 6.71. The monoisotopic (exact) mass is 430 g/mol. The van der Waals surface area contributed by atoms with Crippen molar-refractivity contribution in [1.82, 2.24) is 5.43 Å². The Kier molecular flexibility index (Phi) is 5.58. The van der Waals surface area contributed by atoms with Crippen LogP contribution >= 0.6 is 0 Å². The van der Waals surface area contributed by atoms with Gasteiger partial charge in [0, 0.05) is 13.3 Å². The normalized spacial score (nSPS) is 28.1. The molecular weight excluding hydrogens is 400 g/mol. The maximum Gasteiger partial charge on any atom is 0.308 e. The number of carbonyl (C=O) groups excluding carboxylic acids is 2. The van der Waals surface area contributed by atoms with Gasteiger partial charge >= 0.3 is 5.97 Å². The van der Waals surface area contributed by atoms with E-state index in [2.05, 4.69) is 10.5 Å². The first-order valence-electron chi connectivity index (χ1n) is 11.7. The van der Waals surface area contributed by atoms with E-state index in [0.717, 1.165) is 34.4 Å². The van der Waals surface area contributed by atoms with E-state index < -0.39 is 0 Å². The molecule has 2 aromatic carbocycles. The molecule has 1 N–H and O–H groups in total. The summed E-state index contributed by atoms with van der Waals surface area (Å²) >= 11 is 0. The van der Waals surface area contributed by atoms with Gasteiger partial charge in [-0.2, -0.15) is 5.10 Å². The van der Waals surface area contributed by atoms with Crippen molar-refractivity contribution >= 4 is 18.1 Å². The maximum atomic E-state index is 12.6. The fourth-order valence-corrected chi connectivity index (χ4v) is 6.71. The molecule has 4 aliphatic carbocycles. The summed E-state index contributed by atoms with van der Waals surface area (Å²) in [7, 11) is 0. The summed E-state index contributed by atoms with van der Waals surface area (Å²) in [5.41, 5.74) is 6.02. The molecular formula is C27H30N2O3. The highest BCUT2D eigenvalue weighted by Gasteiger charge is 2.51. The second-order valence-corrected chi connectivity index (χ2v) is 10.1. The van der Waals surface area contributed by atoms with Crippen LogP contribution in [-0.4, -0.2) is 18.1 Å². The van der Waals surface area contributed by atoms with Crippen LogP contribution in [0.25, 0.3) is 11.1 Å². The zero-order valence-corrected chi connectivity index (χ0v) is 18.5. The molecule has 4 fully saturated rings. The average Bonchev–Trinajstić information content (AvgIpc) is 2.73. The van der Waals surface area contributed by atoms with E-state index in [1.54, 1.807) is 18.3 Å². The number of hydrogen-bond donors (Lipinski definition) is 1. The largest absolute Gasteiger partial charge is 0.427 e. The molecule has 0 saturated heterocycles. The lowest BCUT2D eigenvalue weighted by molar-refractivity contribution is -0.132. The number of nitrogens with one attached hydrogen (secondary N) is 1. The molecule has 0 unspecified atom stereocenters. The summed E-state index contributed by atoms with van der Waals surface area (Å²) in [5, 5.41) is 4.21. The van der Waals surface area contributed by atoms with Gasteiger partial charge in [0.1, 0.15) is 5.75 Å². The number of esters is 1. The minimum atomic E-state index is -0.327. The summed E-state index contributed by atoms with van der Waals surface area (Å²) in [5.74, 6) is 2.82. The van der Waals surface area contributed by atoms with Gasteiger partial charge in [0.2, 0.25) is 5.91 Å². The van der Waals surface area contributed by atoms with Crippen LogP contribution in [0.1, 0.15) is 57.4 Å². The molecule has 0 aromatic heterocycles. The molecule has 5 nitrogen and oxygen atoms in total. The number of benzene rings is 2. The van der Waals surface area contributed by atoms with Crippen molar-refractivity contribution in [3.05, 3.63) is 54.1 Å². The van der Waals surface area contributed by atoms with Gasteiger partial charge in [-0.3, -0.25) is 9.59 Å². The minimum absolute atomic E-state index is 0.0488. The van der Waals surface area contributed by atoms with E-state index in [0.29, 0.717) is 12.2 Å². The van der Waals surface area contributed by atoms with E-state index in [1.807, 2.05) is 36.4 Å². The Balaban J connectivity index is 1.15. The highest BCUT2D eigenvalue weighted by atomic mass is 16.5. The van der Waals surface area contributed by atoms with Crippen molar-refractivity contribution in [3.63, 3.8) is 0 Å². The van der Waals surface area contributed by atoms with Gasteiger partial charge in [0.25, 0.3) is 0 Å². The highest BCUT2D eigenvalue weighted by Crippen LogP contribution is 2.61. The second-order valence-electron chi connectivity index (χ2n) is 10.1. The Labute approximate surface area is 189 Å². The number of carbonyl (C=O) groups is 2. The van der Waals surface area contributed by atoms with Gasteiger partial charge in [-0.15, -0.1) is 0 Å². The van der Waals surface area contributed by atoms with Crippen LogP contribution in [0.15, 0.2) is 53.6 Å². The molecule has 4 saturated carbocycles. The average molecular weight is 431 g/mol. The van der Waals surface area contributed by atoms with Crippen LogP contribution in [0.3, 0.4) is 0 Å². The van der Waals surface area contributed by atoms with E-state index in [4.69, 9.17) is 4.74 Å². The minimum Gasteiger partial charge on any atom is -0.427 e. The molecule has 4 aliphatic rings. The first-order chi connectivity index (χ1) is 15.5. The van der Waals surface area contributed by atoms with E-state index in [1.165, 1.54) is 45.4 Å². The number of ether oxygens (including phenoxy) is 1. The first kappa shape index (κ1) is 20.9. The number of hydrogen-bond acceptors (Lipinski definition) is 4. The first-order valence-corrected chi connectivity index (χ1v) is 11.7. The molecule has 5 heteroatoms. The zero-order chi connectivity index (χ0) is 22.1. The molecule has 6 rings (SSSR count). The lowest BCUT2D eigenvalue weighted by Gasteiger charge is -2.56. The van der Waals surface area contributed by atoms with Gasteiger partial charge in [0.05, 0.1) is 6.21 Å². The topological polar surface area (TPSA) is 67.8 Å². The lowest BCUT2D eigenvalue weighted by Crippen LogP contribution is -2.47. The molecule has 32 heavy (non-hydrogen) atoms. The summed E-state index contributed by atoms with van der Waals surface area (Å²) in [6.45, 7) is 1.39. The van der Waals surface area contributed by atoms with E-state index in [9.17, 15) is 9.59 Å². The van der Waals surface area contributed by atoms with Crippen LogP contribution in [0.5, 0.6) is 5.75 Å². The zero-order valence-electron chi connectivity index (χ0n) is 18.5. The predicted molar refractivity (Wildman–Crippen MR) is 124 cm³/mol. The Bertz CT molecular complexity index is 989. The van der Waals surface area contributed by atoms with Crippen LogP contribution in [0.2, 0.25) is 0 Å². The summed E-state index contributed by atoms with van der Waals surface area (Å²) in [4.78, 5) is 23.6.